The number of thioether (sulfide) groups is 1. The van der Waals surface area contributed by atoms with Crippen LogP contribution in [0.25, 0.3) is 0 Å². The van der Waals surface area contributed by atoms with Crippen LogP contribution in [0.2, 0.25) is 0 Å². The fourth-order valence-electron chi connectivity index (χ4n) is 2.74. The van der Waals surface area contributed by atoms with Gasteiger partial charge < -0.3 is 4.90 Å². The number of halogens is 2. The number of rotatable bonds is 4. The molecule has 2 heterocycles. The Morgan fingerprint density at radius 3 is 2.79 bits per heavy atom. The molecule has 0 radical (unpaired) electrons. The summed E-state index contributed by atoms with van der Waals surface area (Å²) < 4.78 is 0. The molecule has 1 N–H and O–H groups in total. The summed E-state index contributed by atoms with van der Waals surface area (Å²) in [6.45, 7) is 5.38. The molecule has 0 saturated carbocycles. The molecule has 2 aliphatic rings. The van der Waals surface area contributed by atoms with Crippen LogP contribution in [0.1, 0.15) is 19.8 Å². The third kappa shape index (κ3) is 4.97. The van der Waals surface area contributed by atoms with E-state index in [9.17, 15) is 4.79 Å². The highest BCUT2D eigenvalue weighted by atomic mass is 35.5. The molecular weight excluding hydrogens is 305 g/mol. The summed E-state index contributed by atoms with van der Waals surface area (Å²) in [6.07, 6.45) is 2.51. The first-order valence-electron chi connectivity index (χ1n) is 6.52. The SMILES string of the molecule is CCN1CCCC1CN(C)C(=O)C1CSCN1.Cl.Cl. The molecule has 2 fully saturated rings. The lowest BCUT2D eigenvalue weighted by atomic mass is 10.2. The molecule has 0 aromatic rings. The van der Waals surface area contributed by atoms with E-state index in [4.69, 9.17) is 0 Å². The van der Waals surface area contributed by atoms with Crippen LogP contribution >= 0.6 is 36.6 Å². The summed E-state index contributed by atoms with van der Waals surface area (Å²) in [7, 11) is 1.94. The normalized spacial score (nSPS) is 26.6. The highest BCUT2D eigenvalue weighted by molar-refractivity contribution is 7.99. The van der Waals surface area contributed by atoms with Crippen LogP contribution in [0, 0.1) is 0 Å². The van der Waals surface area contributed by atoms with E-state index in [1.165, 1.54) is 19.4 Å². The van der Waals surface area contributed by atoms with Gasteiger partial charge in [0.15, 0.2) is 0 Å². The summed E-state index contributed by atoms with van der Waals surface area (Å²) in [4.78, 5) is 16.6. The van der Waals surface area contributed by atoms with Crippen LogP contribution in [-0.2, 0) is 4.79 Å². The van der Waals surface area contributed by atoms with Gasteiger partial charge in [-0.1, -0.05) is 6.92 Å². The van der Waals surface area contributed by atoms with Crippen LogP contribution in [0.3, 0.4) is 0 Å². The Labute approximate surface area is 132 Å². The second-order valence-corrected chi connectivity index (χ2v) is 5.95. The molecule has 2 unspecified atom stereocenters. The van der Waals surface area contributed by atoms with Crippen LogP contribution in [-0.4, -0.2) is 66.1 Å². The number of hydrogen-bond acceptors (Lipinski definition) is 4. The van der Waals surface area contributed by atoms with Crippen molar-refractivity contribution >= 4 is 42.5 Å². The van der Waals surface area contributed by atoms with Crippen molar-refractivity contribution in [1.29, 1.82) is 0 Å². The highest BCUT2D eigenvalue weighted by Crippen LogP contribution is 2.18. The molecular formula is C12H25Cl2N3OS. The monoisotopic (exact) mass is 329 g/mol. The molecule has 2 saturated heterocycles. The molecule has 2 atom stereocenters. The number of carbonyl (C=O) groups is 1. The van der Waals surface area contributed by atoms with Crippen LogP contribution in [0.4, 0.5) is 0 Å². The zero-order chi connectivity index (χ0) is 12.3. The van der Waals surface area contributed by atoms with Crippen molar-refractivity contribution in [2.24, 2.45) is 0 Å². The van der Waals surface area contributed by atoms with E-state index in [1.807, 2.05) is 11.9 Å². The average molecular weight is 330 g/mol. The first-order valence-corrected chi connectivity index (χ1v) is 7.68. The van der Waals surface area contributed by atoms with E-state index in [2.05, 4.69) is 17.1 Å². The lowest BCUT2D eigenvalue weighted by Gasteiger charge is -2.29. The molecule has 0 spiro atoms. The van der Waals surface area contributed by atoms with Crippen molar-refractivity contribution in [3.05, 3.63) is 0 Å². The van der Waals surface area contributed by atoms with Gasteiger partial charge in [-0.15, -0.1) is 36.6 Å². The summed E-state index contributed by atoms with van der Waals surface area (Å²) in [5.41, 5.74) is 0. The fourth-order valence-corrected chi connectivity index (χ4v) is 3.68. The quantitative estimate of drug-likeness (QED) is 0.846. The van der Waals surface area contributed by atoms with Crippen LogP contribution < -0.4 is 5.32 Å². The molecule has 7 heteroatoms. The third-order valence-corrected chi connectivity index (χ3v) is 4.72. The molecule has 0 aromatic heterocycles. The van der Waals surface area contributed by atoms with E-state index < -0.39 is 0 Å². The smallest absolute Gasteiger partial charge is 0.240 e. The molecule has 19 heavy (non-hydrogen) atoms. The van der Waals surface area contributed by atoms with Gasteiger partial charge >= 0.3 is 0 Å². The Bertz CT molecular complexity index is 278. The van der Waals surface area contributed by atoms with E-state index >= 15 is 0 Å². The lowest BCUT2D eigenvalue weighted by molar-refractivity contribution is -0.131. The zero-order valence-corrected chi connectivity index (χ0v) is 14.1. The van der Waals surface area contributed by atoms with Gasteiger partial charge in [0, 0.05) is 31.3 Å². The number of likely N-dealkylation sites (tertiary alicyclic amines) is 1. The van der Waals surface area contributed by atoms with Crippen molar-refractivity contribution in [2.45, 2.75) is 31.8 Å². The Morgan fingerprint density at radius 1 is 1.47 bits per heavy atom. The minimum atomic E-state index is 0. The van der Waals surface area contributed by atoms with Gasteiger partial charge in [0.25, 0.3) is 0 Å². The molecule has 0 aromatic carbocycles. The number of hydrogen-bond donors (Lipinski definition) is 1. The Kier molecular flexibility index (Phi) is 9.45. The van der Waals surface area contributed by atoms with Crippen molar-refractivity contribution in [2.75, 3.05) is 38.3 Å². The predicted octanol–water partition coefficient (Wildman–Crippen LogP) is 1.44. The Morgan fingerprint density at radius 2 is 2.21 bits per heavy atom. The van der Waals surface area contributed by atoms with E-state index in [0.717, 1.165) is 24.7 Å². The minimum Gasteiger partial charge on any atom is -0.343 e. The molecule has 0 aliphatic carbocycles. The average Bonchev–Trinajstić information content (AvgIpc) is 2.98. The van der Waals surface area contributed by atoms with Crippen LogP contribution in [0.15, 0.2) is 0 Å². The number of nitrogens with one attached hydrogen (secondary N) is 1. The zero-order valence-electron chi connectivity index (χ0n) is 11.6. The molecule has 114 valence electrons. The van der Waals surface area contributed by atoms with E-state index in [0.29, 0.717) is 6.04 Å². The molecule has 0 bridgehead atoms. The number of likely N-dealkylation sites (N-methyl/N-ethyl adjacent to an activating group) is 2. The van der Waals surface area contributed by atoms with Gasteiger partial charge in [0.1, 0.15) is 0 Å². The first kappa shape index (κ1) is 19.3. The van der Waals surface area contributed by atoms with Crippen LogP contribution in [0.5, 0.6) is 0 Å². The third-order valence-electron chi connectivity index (χ3n) is 3.78. The highest BCUT2D eigenvalue weighted by Gasteiger charge is 2.29. The topological polar surface area (TPSA) is 35.6 Å². The maximum atomic E-state index is 12.2. The summed E-state index contributed by atoms with van der Waals surface area (Å²) in [6, 6.07) is 0.615. The standard InChI is InChI=1S/C12H23N3OS.2ClH/c1-3-15-6-4-5-10(15)7-14(2)12(16)11-8-17-9-13-11;;/h10-11,13H,3-9H2,1-2H3;2*1H. The van der Waals surface area contributed by atoms with Gasteiger partial charge in [-0.3, -0.25) is 15.0 Å². The molecule has 1 amide bonds. The fraction of sp³-hybridized carbons (Fsp3) is 0.917. The van der Waals surface area contributed by atoms with Crippen molar-refractivity contribution < 1.29 is 4.79 Å². The maximum absolute atomic E-state index is 12.2. The van der Waals surface area contributed by atoms with E-state index in [-0.39, 0.29) is 36.8 Å². The Hall–Kier alpha value is 0.320. The van der Waals surface area contributed by atoms with Crippen molar-refractivity contribution in [1.82, 2.24) is 15.1 Å². The number of nitrogens with zero attached hydrogens (tertiary/aromatic N) is 2. The van der Waals surface area contributed by atoms with Gasteiger partial charge in [-0.05, 0) is 25.9 Å². The van der Waals surface area contributed by atoms with Crippen molar-refractivity contribution in [3.63, 3.8) is 0 Å². The maximum Gasteiger partial charge on any atom is 0.240 e. The molecule has 2 rings (SSSR count). The predicted molar refractivity (Wildman–Crippen MR) is 86.7 cm³/mol. The summed E-state index contributed by atoms with van der Waals surface area (Å²) in [5.74, 6) is 2.10. The number of amides is 1. The van der Waals surface area contributed by atoms with Gasteiger partial charge in [-0.25, -0.2) is 0 Å². The second kappa shape index (κ2) is 9.29. The lowest BCUT2D eigenvalue weighted by Crippen LogP contribution is -2.47. The summed E-state index contributed by atoms with van der Waals surface area (Å²) in [5, 5.41) is 3.25. The molecule has 4 nitrogen and oxygen atoms in total. The first-order chi connectivity index (χ1) is 8.22. The minimum absolute atomic E-state index is 0. The summed E-state index contributed by atoms with van der Waals surface area (Å²) >= 11 is 1.81. The Balaban J connectivity index is 0.00000162. The van der Waals surface area contributed by atoms with Gasteiger partial charge in [-0.2, -0.15) is 0 Å². The largest absolute Gasteiger partial charge is 0.343 e. The van der Waals surface area contributed by atoms with Gasteiger partial charge in [0.2, 0.25) is 5.91 Å². The number of carbonyl (C=O) groups excluding carboxylic acids is 1. The van der Waals surface area contributed by atoms with Gasteiger partial charge in [0.05, 0.1) is 6.04 Å². The van der Waals surface area contributed by atoms with E-state index in [1.54, 1.807) is 11.8 Å². The van der Waals surface area contributed by atoms with Crippen molar-refractivity contribution in [3.8, 4) is 0 Å². The second-order valence-electron chi connectivity index (χ2n) is 4.92. The molecule has 2 aliphatic heterocycles.